The van der Waals surface area contributed by atoms with Gasteiger partial charge in [0.1, 0.15) is 16.7 Å². The Labute approximate surface area is 137 Å². The lowest BCUT2D eigenvalue weighted by Crippen LogP contribution is -2.05. The zero-order valence-electron chi connectivity index (χ0n) is 12.2. The summed E-state index contributed by atoms with van der Waals surface area (Å²) in [4.78, 5) is 4.44. The molecule has 0 N–H and O–H groups in total. The first kappa shape index (κ1) is 15.6. The second kappa shape index (κ2) is 5.71. The fourth-order valence-electron chi connectivity index (χ4n) is 2.10. The SMILES string of the molecule is COc1cc(OS(C)(=O)=O)ccc1-c1cn2nc(Cl)ccc2n1. The van der Waals surface area contributed by atoms with Crippen molar-refractivity contribution in [1.29, 1.82) is 0 Å². The van der Waals surface area contributed by atoms with Crippen LogP contribution in [0.1, 0.15) is 0 Å². The van der Waals surface area contributed by atoms with E-state index in [0.29, 0.717) is 27.8 Å². The summed E-state index contributed by atoms with van der Waals surface area (Å²) in [6.07, 6.45) is 2.68. The molecular weight excluding hydrogens is 342 g/mol. The van der Waals surface area contributed by atoms with Gasteiger partial charge in [0.15, 0.2) is 5.65 Å². The Balaban J connectivity index is 2.07. The minimum atomic E-state index is -3.60. The lowest BCUT2D eigenvalue weighted by molar-refractivity contribution is 0.413. The summed E-state index contributed by atoms with van der Waals surface area (Å²) in [5, 5.41) is 4.47. The third-order valence-corrected chi connectivity index (χ3v) is 3.68. The molecule has 0 fully saturated rings. The molecule has 2 aromatic heterocycles. The first-order valence-corrected chi connectivity index (χ1v) is 8.65. The maximum Gasteiger partial charge on any atom is 0.306 e. The summed E-state index contributed by atoms with van der Waals surface area (Å²) >= 11 is 5.86. The lowest BCUT2D eigenvalue weighted by atomic mass is 10.1. The molecule has 0 spiro atoms. The fourth-order valence-corrected chi connectivity index (χ4v) is 2.70. The topological polar surface area (TPSA) is 82.8 Å². The molecule has 0 radical (unpaired) electrons. The zero-order chi connectivity index (χ0) is 16.6. The number of benzene rings is 1. The molecule has 0 aliphatic carbocycles. The van der Waals surface area contributed by atoms with Crippen molar-refractivity contribution in [2.75, 3.05) is 13.4 Å². The Morgan fingerprint density at radius 1 is 1.22 bits per heavy atom. The van der Waals surface area contributed by atoms with E-state index in [0.717, 1.165) is 6.26 Å². The number of ether oxygens (including phenoxy) is 1. The van der Waals surface area contributed by atoms with E-state index < -0.39 is 10.1 Å². The molecule has 0 unspecified atom stereocenters. The van der Waals surface area contributed by atoms with Gasteiger partial charge in [-0.3, -0.25) is 0 Å². The van der Waals surface area contributed by atoms with E-state index in [2.05, 4.69) is 10.1 Å². The summed E-state index contributed by atoms with van der Waals surface area (Å²) in [6, 6.07) is 8.08. The number of nitrogens with zero attached hydrogens (tertiary/aromatic N) is 3. The maximum absolute atomic E-state index is 11.2. The Kier molecular flexibility index (Phi) is 3.87. The van der Waals surface area contributed by atoms with Gasteiger partial charge in [0.05, 0.1) is 25.3 Å². The highest BCUT2D eigenvalue weighted by Gasteiger charge is 2.14. The third-order valence-electron chi connectivity index (χ3n) is 2.98. The molecule has 0 saturated carbocycles. The largest absolute Gasteiger partial charge is 0.496 e. The Hall–Kier alpha value is -2.32. The zero-order valence-corrected chi connectivity index (χ0v) is 13.8. The number of imidazole rings is 1. The highest BCUT2D eigenvalue weighted by atomic mass is 35.5. The lowest BCUT2D eigenvalue weighted by Gasteiger charge is -2.09. The van der Waals surface area contributed by atoms with Crippen LogP contribution in [-0.2, 0) is 10.1 Å². The van der Waals surface area contributed by atoms with Crippen LogP contribution >= 0.6 is 11.6 Å². The monoisotopic (exact) mass is 353 g/mol. The van der Waals surface area contributed by atoms with Gasteiger partial charge in [0.2, 0.25) is 0 Å². The van der Waals surface area contributed by atoms with Crippen LogP contribution in [0.25, 0.3) is 16.9 Å². The van der Waals surface area contributed by atoms with Crippen molar-refractivity contribution in [2.24, 2.45) is 0 Å². The van der Waals surface area contributed by atoms with Crippen LogP contribution in [0, 0.1) is 0 Å². The van der Waals surface area contributed by atoms with Crippen molar-refractivity contribution < 1.29 is 17.3 Å². The number of hydrogen-bond donors (Lipinski definition) is 0. The first-order chi connectivity index (χ1) is 10.9. The van der Waals surface area contributed by atoms with Gasteiger partial charge in [0, 0.05) is 11.6 Å². The van der Waals surface area contributed by atoms with E-state index in [1.807, 2.05) is 0 Å². The number of rotatable bonds is 4. The van der Waals surface area contributed by atoms with E-state index in [1.54, 1.807) is 28.9 Å². The predicted molar refractivity (Wildman–Crippen MR) is 85.5 cm³/mol. The first-order valence-electron chi connectivity index (χ1n) is 6.45. The van der Waals surface area contributed by atoms with Crippen molar-refractivity contribution in [3.05, 3.63) is 41.7 Å². The molecule has 0 saturated heterocycles. The van der Waals surface area contributed by atoms with Gasteiger partial charge in [-0.25, -0.2) is 9.50 Å². The predicted octanol–water partition coefficient (Wildman–Crippen LogP) is 2.40. The van der Waals surface area contributed by atoms with Gasteiger partial charge in [-0.2, -0.15) is 13.5 Å². The number of aromatic nitrogens is 3. The van der Waals surface area contributed by atoms with Gasteiger partial charge in [-0.1, -0.05) is 11.6 Å². The molecule has 3 aromatic rings. The second-order valence-electron chi connectivity index (χ2n) is 4.73. The van der Waals surface area contributed by atoms with Crippen LogP contribution < -0.4 is 8.92 Å². The minimum Gasteiger partial charge on any atom is -0.496 e. The van der Waals surface area contributed by atoms with Crippen molar-refractivity contribution in [3.8, 4) is 22.8 Å². The van der Waals surface area contributed by atoms with Crippen LogP contribution in [0.3, 0.4) is 0 Å². The van der Waals surface area contributed by atoms with E-state index in [-0.39, 0.29) is 5.75 Å². The quantitative estimate of drug-likeness (QED) is 0.670. The van der Waals surface area contributed by atoms with E-state index >= 15 is 0 Å². The molecule has 0 bridgehead atoms. The standard InChI is InChI=1S/C14H12ClN3O4S/c1-21-12-7-9(22-23(2,19)20)3-4-10(12)11-8-18-14(16-11)6-5-13(15)17-18/h3-8H,1-2H3. The van der Waals surface area contributed by atoms with Crippen LogP contribution in [-0.4, -0.2) is 36.4 Å². The molecule has 0 aliphatic heterocycles. The summed E-state index contributed by atoms with van der Waals surface area (Å²) in [5.41, 5.74) is 1.92. The molecule has 2 heterocycles. The van der Waals surface area contributed by atoms with Crippen molar-refractivity contribution in [2.45, 2.75) is 0 Å². The molecule has 120 valence electrons. The summed E-state index contributed by atoms with van der Waals surface area (Å²) < 4.78 is 34.1. The molecule has 9 heteroatoms. The van der Waals surface area contributed by atoms with E-state index in [4.69, 9.17) is 20.5 Å². The highest BCUT2D eigenvalue weighted by Crippen LogP contribution is 2.33. The number of halogens is 1. The van der Waals surface area contributed by atoms with Crippen LogP contribution in [0.4, 0.5) is 0 Å². The van der Waals surface area contributed by atoms with E-state index in [9.17, 15) is 8.42 Å². The minimum absolute atomic E-state index is 0.165. The third kappa shape index (κ3) is 3.38. The van der Waals surface area contributed by atoms with Crippen LogP contribution in [0.5, 0.6) is 11.5 Å². The molecule has 23 heavy (non-hydrogen) atoms. The van der Waals surface area contributed by atoms with Crippen molar-refractivity contribution >= 4 is 27.4 Å². The smallest absolute Gasteiger partial charge is 0.306 e. The van der Waals surface area contributed by atoms with Crippen LogP contribution in [0.15, 0.2) is 36.5 Å². The number of fused-ring (bicyclic) bond motifs is 1. The Bertz CT molecular complexity index is 985. The Morgan fingerprint density at radius 2 is 2.00 bits per heavy atom. The van der Waals surface area contributed by atoms with Gasteiger partial charge < -0.3 is 8.92 Å². The van der Waals surface area contributed by atoms with Gasteiger partial charge >= 0.3 is 10.1 Å². The van der Waals surface area contributed by atoms with Gasteiger partial charge in [0.25, 0.3) is 0 Å². The molecule has 7 nitrogen and oxygen atoms in total. The van der Waals surface area contributed by atoms with E-state index in [1.165, 1.54) is 19.2 Å². The molecule has 1 aromatic carbocycles. The maximum atomic E-state index is 11.2. The number of methoxy groups -OCH3 is 1. The van der Waals surface area contributed by atoms with Crippen molar-refractivity contribution in [1.82, 2.24) is 14.6 Å². The Morgan fingerprint density at radius 3 is 2.70 bits per heavy atom. The average molecular weight is 354 g/mol. The molecule has 0 amide bonds. The molecule has 3 rings (SSSR count). The fraction of sp³-hybridized carbons (Fsp3) is 0.143. The van der Waals surface area contributed by atoms with Crippen molar-refractivity contribution in [3.63, 3.8) is 0 Å². The van der Waals surface area contributed by atoms with Gasteiger partial charge in [-0.15, -0.1) is 0 Å². The summed E-state index contributed by atoms with van der Waals surface area (Å²) in [5.74, 6) is 0.596. The second-order valence-corrected chi connectivity index (χ2v) is 6.70. The average Bonchev–Trinajstić information content (AvgIpc) is 2.88. The normalized spacial score (nSPS) is 11.6. The number of hydrogen-bond acceptors (Lipinski definition) is 6. The molecular formula is C14H12ClN3O4S. The summed E-state index contributed by atoms with van der Waals surface area (Å²) in [6.45, 7) is 0. The highest BCUT2D eigenvalue weighted by molar-refractivity contribution is 7.86. The summed E-state index contributed by atoms with van der Waals surface area (Å²) in [7, 11) is -2.12. The van der Waals surface area contributed by atoms with Gasteiger partial charge in [-0.05, 0) is 24.3 Å². The molecule has 0 aliphatic rings. The molecule has 0 atom stereocenters. The van der Waals surface area contributed by atoms with Crippen LogP contribution in [0.2, 0.25) is 5.15 Å².